The van der Waals surface area contributed by atoms with Crippen molar-refractivity contribution < 1.29 is 13.1 Å². The molecular weight excluding hydrogens is 366 g/mol. The summed E-state index contributed by atoms with van der Waals surface area (Å²) in [7, 11) is 1.99. The minimum atomic E-state index is -2.23. The van der Waals surface area contributed by atoms with Crippen LogP contribution >= 0.6 is 0 Å². The van der Waals surface area contributed by atoms with Gasteiger partial charge in [-0.25, -0.2) is 4.57 Å². The van der Waals surface area contributed by atoms with Gasteiger partial charge in [-0.15, -0.1) is 0 Å². The van der Waals surface area contributed by atoms with Crippen LogP contribution in [0.3, 0.4) is 0 Å². The largest absolute Gasteiger partial charge is 0.455 e. The van der Waals surface area contributed by atoms with E-state index < -0.39 is 6.85 Å². The van der Waals surface area contributed by atoms with Gasteiger partial charge < -0.3 is 4.42 Å². The molecule has 30 heavy (non-hydrogen) atoms. The van der Waals surface area contributed by atoms with E-state index in [1.165, 1.54) is 0 Å². The first-order chi connectivity index (χ1) is 15.8. The van der Waals surface area contributed by atoms with Crippen molar-refractivity contribution in [3.63, 3.8) is 0 Å². The Labute approximate surface area is 179 Å². The van der Waals surface area contributed by atoms with Crippen LogP contribution in [0.5, 0.6) is 0 Å². The molecular formula is C28H22NO+. The lowest BCUT2D eigenvalue weighted by molar-refractivity contribution is -0.659. The lowest BCUT2D eigenvalue weighted by Gasteiger charge is -2.09. The molecule has 0 fully saturated rings. The molecule has 2 heteroatoms. The zero-order valence-electron chi connectivity index (χ0n) is 19.9. The molecule has 0 saturated heterocycles. The Hall–Kier alpha value is -3.65. The molecule has 2 aromatic heterocycles. The highest BCUT2D eigenvalue weighted by molar-refractivity contribution is 6.13. The van der Waals surface area contributed by atoms with Gasteiger partial charge in [-0.2, -0.15) is 0 Å². The molecule has 6 aromatic rings. The molecule has 0 spiro atoms. The van der Waals surface area contributed by atoms with Gasteiger partial charge in [0.05, 0.1) is 5.56 Å². The molecule has 0 atom stereocenters. The SMILES string of the molecule is [2H]C([2H])([2H])c1cc2c(oc3cc4ccccc4cc32)c(-c2cc3ccccc3c[n+]2C)c1C. The van der Waals surface area contributed by atoms with Crippen LogP contribution in [0.4, 0.5) is 0 Å². The highest BCUT2D eigenvalue weighted by atomic mass is 16.3. The van der Waals surface area contributed by atoms with Crippen LogP contribution in [0, 0.1) is 13.8 Å². The van der Waals surface area contributed by atoms with E-state index in [1.54, 1.807) is 6.07 Å². The van der Waals surface area contributed by atoms with Crippen LogP contribution in [0.2, 0.25) is 0 Å². The molecule has 0 unspecified atom stereocenters. The molecule has 2 nitrogen and oxygen atoms in total. The van der Waals surface area contributed by atoms with Gasteiger partial charge in [-0.3, -0.25) is 0 Å². The summed E-state index contributed by atoms with van der Waals surface area (Å²) in [6.45, 7) is -0.349. The summed E-state index contributed by atoms with van der Waals surface area (Å²) in [4.78, 5) is 0. The molecule has 0 aliphatic rings. The quantitative estimate of drug-likeness (QED) is 0.276. The third-order valence-corrected chi connectivity index (χ3v) is 6.15. The first-order valence-corrected chi connectivity index (χ1v) is 10.1. The van der Waals surface area contributed by atoms with Crippen LogP contribution in [0.1, 0.15) is 15.2 Å². The first kappa shape index (κ1) is 14.4. The van der Waals surface area contributed by atoms with Gasteiger partial charge in [-0.1, -0.05) is 42.5 Å². The maximum atomic E-state index is 8.22. The second-order valence-corrected chi connectivity index (χ2v) is 8.00. The van der Waals surface area contributed by atoms with E-state index in [4.69, 9.17) is 8.53 Å². The predicted molar refractivity (Wildman–Crippen MR) is 125 cm³/mol. The normalized spacial score (nSPS) is 13.7. The molecule has 4 aromatic carbocycles. The number of aryl methyl sites for hydroxylation is 2. The van der Waals surface area contributed by atoms with E-state index in [1.807, 2.05) is 44.3 Å². The number of rotatable bonds is 1. The first-order valence-electron chi connectivity index (χ1n) is 11.6. The molecule has 0 radical (unpaired) electrons. The number of pyridine rings is 1. The summed E-state index contributed by atoms with van der Waals surface area (Å²) in [6.07, 6.45) is 2.08. The monoisotopic (exact) mass is 391 g/mol. The minimum absolute atomic E-state index is 0.356. The van der Waals surface area contributed by atoms with Crippen LogP contribution < -0.4 is 4.57 Å². The second kappa shape index (κ2) is 6.17. The fourth-order valence-corrected chi connectivity index (χ4v) is 4.53. The predicted octanol–water partition coefficient (Wildman–Crippen LogP) is 7.00. The molecule has 0 amide bonds. The summed E-state index contributed by atoms with van der Waals surface area (Å²) < 4.78 is 33.2. The number of benzene rings is 4. The lowest BCUT2D eigenvalue weighted by Crippen LogP contribution is -2.30. The smallest absolute Gasteiger partial charge is 0.216 e. The van der Waals surface area contributed by atoms with Gasteiger partial charge in [0.1, 0.15) is 18.2 Å². The average molecular weight is 392 g/mol. The van der Waals surface area contributed by atoms with E-state index in [0.717, 1.165) is 60.3 Å². The number of aromatic nitrogens is 1. The van der Waals surface area contributed by atoms with Crippen molar-refractivity contribution in [2.24, 2.45) is 7.05 Å². The Morgan fingerprint density at radius 2 is 1.47 bits per heavy atom. The van der Waals surface area contributed by atoms with Crippen molar-refractivity contribution in [2.45, 2.75) is 13.8 Å². The van der Waals surface area contributed by atoms with E-state index in [0.29, 0.717) is 5.56 Å². The van der Waals surface area contributed by atoms with E-state index in [2.05, 4.69) is 47.2 Å². The van der Waals surface area contributed by atoms with E-state index >= 15 is 0 Å². The zero-order valence-corrected chi connectivity index (χ0v) is 16.9. The summed E-state index contributed by atoms with van der Waals surface area (Å²) >= 11 is 0. The fraction of sp³-hybridized carbons (Fsp3) is 0.107. The molecule has 144 valence electrons. The molecule has 0 N–H and O–H groups in total. The Bertz CT molecular complexity index is 1730. The maximum Gasteiger partial charge on any atom is 0.216 e. The lowest BCUT2D eigenvalue weighted by atomic mass is 9.95. The highest BCUT2D eigenvalue weighted by Crippen LogP contribution is 2.40. The molecule has 6 rings (SSSR count). The van der Waals surface area contributed by atoms with Crippen molar-refractivity contribution in [2.75, 3.05) is 0 Å². The van der Waals surface area contributed by atoms with Crippen molar-refractivity contribution in [3.05, 3.63) is 90.1 Å². The van der Waals surface area contributed by atoms with Crippen LogP contribution in [0.15, 0.2) is 83.4 Å². The van der Waals surface area contributed by atoms with Crippen molar-refractivity contribution >= 4 is 43.5 Å². The summed E-state index contributed by atoms with van der Waals surface area (Å²) in [5.74, 6) is 0. The second-order valence-electron chi connectivity index (χ2n) is 8.00. The number of fused-ring (bicyclic) bond motifs is 5. The number of hydrogen-bond acceptors (Lipinski definition) is 1. The van der Waals surface area contributed by atoms with Crippen LogP contribution in [-0.2, 0) is 7.05 Å². The van der Waals surface area contributed by atoms with Gasteiger partial charge >= 0.3 is 0 Å². The van der Waals surface area contributed by atoms with Gasteiger partial charge in [-0.05, 0) is 65.3 Å². The summed E-state index contributed by atoms with van der Waals surface area (Å²) in [5.41, 5.74) is 4.30. The molecule has 0 aliphatic heterocycles. The third kappa shape index (κ3) is 2.40. The van der Waals surface area contributed by atoms with Crippen molar-refractivity contribution in [1.82, 2.24) is 0 Å². The summed E-state index contributed by atoms with van der Waals surface area (Å²) in [5, 5.41) is 6.17. The number of hydrogen-bond donors (Lipinski definition) is 0. The fourth-order valence-electron chi connectivity index (χ4n) is 4.53. The molecule has 0 bridgehead atoms. The van der Waals surface area contributed by atoms with Crippen molar-refractivity contribution in [1.29, 1.82) is 0 Å². The minimum Gasteiger partial charge on any atom is -0.455 e. The standard InChI is InChI=1S/C28H22NO/c1-17-12-24-23-13-19-8-4-5-10-21(19)15-26(23)30-28(24)27(18(17)2)25-14-20-9-6-7-11-22(20)16-29(25)3/h4-16H,1-3H3/q+1/i1D3. The van der Waals surface area contributed by atoms with Gasteiger partial charge in [0.25, 0.3) is 0 Å². The molecule has 0 aliphatic carbocycles. The van der Waals surface area contributed by atoms with E-state index in [9.17, 15) is 0 Å². The highest BCUT2D eigenvalue weighted by Gasteiger charge is 2.23. The summed E-state index contributed by atoms with van der Waals surface area (Å²) in [6, 6.07) is 24.4. The zero-order chi connectivity index (χ0) is 22.9. The van der Waals surface area contributed by atoms with Crippen molar-refractivity contribution in [3.8, 4) is 11.3 Å². The number of nitrogens with zero attached hydrogens (tertiary/aromatic N) is 1. The third-order valence-electron chi connectivity index (χ3n) is 6.15. The Morgan fingerprint density at radius 3 is 2.20 bits per heavy atom. The van der Waals surface area contributed by atoms with E-state index in [-0.39, 0.29) is 0 Å². The van der Waals surface area contributed by atoms with Gasteiger partial charge in [0.15, 0.2) is 6.20 Å². The van der Waals surface area contributed by atoms with Gasteiger partial charge in [0, 0.05) is 26.3 Å². The molecule has 2 heterocycles. The Balaban J connectivity index is 1.79. The maximum absolute atomic E-state index is 8.22. The molecule has 0 saturated carbocycles. The number of furan rings is 1. The Kier molecular flexibility index (Phi) is 2.95. The Morgan fingerprint density at radius 1 is 0.800 bits per heavy atom. The topological polar surface area (TPSA) is 17.0 Å². The average Bonchev–Trinajstić information content (AvgIpc) is 3.13. The van der Waals surface area contributed by atoms with Gasteiger partial charge in [0.2, 0.25) is 5.69 Å². The van der Waals surface area contributed by atoms with Crippen LogP contribution in [-0.4, -0.2) is 0 Å². The van der Waals surface area contributed by atoms with Crippen LogP contribution in [0.25, 0.3) is 54.7 Å².